The van der Waals surface area contributed by atoms with Crippen LogP contribution >= 0.6 is 0 Å². The number of carboxylic acid groups (broad SMARTS) is 1. The minimum Gasteiger partial charge on any atom is -0.479 e. The molecule has 2 N–H and O–H groups in total. The minimum atomic E-state index is -0.863. The second-order valence-corrected chi connectivity index (χ2v) is 8.18. The summed E-state index contributed by atoms with van der Waals surface area (Å²) in [7, 11) is 0. The number of ether oxygens (including phenoxy) is 1. The van der Waals surface area contributed by atoms with Gasteiger partial charge in [-0.25, -0.2) is 4.79 Å². The number of nitriles is 1. The van der Waals surface area contributed by atoms with Gasteiger partial charge in [0, 0.05) is 5.69 Å². The summed E-state index contributed by atoms with van der Waals surface area (Å²) in [6, 6.07) is 15.7. The van der Waals surface area contributed by atoms with Gasteiger partial charge in [-0.15, -0.1) is 0 Å². The van der Waals surface area contributed by atoms with E-state index in [0.29, 0.717) is 35.0 Å². The fourth-order valence-electron chi connectivity index (χ4n) is 5.84. The van der Waals surface area contributed by atoms with E-state index >= 15 is 0 Å². The second-order valence-electron chi connectivity index (χ2n) is 8.18. The van der Waals surface area contributed by atoms with Gasteiger partial charge in [-0.3, -0.25) is 0 Å². The number of hydrogen-bond donors (Lipinski definition) is 2. The van der Waals surface area contributed by atoms with Gasteiger partial charge in [0.25, 0.3) is 0 Å². The third-order valence-electron chi connectivity index (χ3n) is 6.88. The topological polar surface area (TPSA) is 82.3 Å². The number of nitrogens with zero attached hydrogens (tertiary/aromatic N) is 1. The summed E-state index contributed by atoms with van der Waals surface area (Å²) in [5, 5.41) is 21.8. The quantitative estimate of drug-likeness (QED) is 0.818. The lowest BCUT2D eigenvalue weighted by Gasteiger charge is -2.43. The third-order valence-corrected chi connectivity index (χ3v) is 6.88. The van der Waals surface area contributed by atoms with E-state index in [-0.39, 0.29) is 12.6 Å². The lowest BCUT2D eigenvalue weighted by Crippen LogP contribution is -2.35. The molecule has 5 rings (SSSR count). The van der Waals surface area contributed by atoms with Crippen LogP contribution in [0.2, 0.25) is 0 Å². The highest BCUT2D eigenvalue weighted by Gasteiger charge is 2.53. The van der Waals surface area contributed by atoms with Gasteiger partial charge >= 0.3 is 5.97 Å². The third kappa shape index (κ3) is 2.63. The molecule has 5 nitrogen and oxygen atoms in total. The summed E-state index contributed by atoms with van der Waals surface area (Å²) < 4.78 is 5.39. The van der Waals surface area contributed by atoms with E-state index in [1.807, 2.05) is 30.3 Å². The Morgan fingerprint density at radius 2 is 1.96 bits per heavy atom. The van der Waals surface area contributed by atoms with Gasteiger partial charge in [0.1, 0.15) is 11.8 Å². The molecule has 0 saturated heterocycles. The molecule has 2 aromatic carbocycles. The minimum absolute atomic E-state index is 0.0504. The first-order valence-electron chi connectivity index (χ1n) is 9.89. The Bertz CT molecular complexity index is 963. The van der Waals surface area contributed by atoms with Crippen LogP contribution in [-0.2, 0) is 0 Å². The molecule has 2 aromatic rings. The van der Waals surface area contributed by atoms with Crippen molar-refractivity contribution < 1.29 is 14.6 Å². The summed E-state index contributed by atoms with van der Waals surface area (Å²) in [5.74, 6) is 2.09. The number of fused-ring (bicyclic) bond motifs is 7. The Balaban J connectivity index is 1.52. The van der Waals surface area contributed by atoms with Crippen molar-refractivity contribution in [1.29, 1.82) is 5.26 Å². The molecular formula is C23H22N2O3. The molecule has 0 aromatic heterocycles. The number of aromatic carboxylic acids is 1. The lowest BCUT2D eigenvalue weighted by atomic mass is 9.68. The van der Waals surface area contributed by atoms with Crippen molar-refractivity contribution in [2.45, 2.75) is 31.2 Å². The maximum absolute atomic E-state index is 11.5. The maximum Gasteiger partial charge on any atom is 0.335 e. The van der Waals surface area contributed by atoms with Crippen LogP contribution in [0, 0.1) is 29.1 Å². The van der Waals surface area contributed by atoms with E-state index in [0.717, 1.165) is 5.69 Å². The molecule has 5 heteroatoms. The number of carboxylic acids is 1. The van der Waals surface area contributed by atoms with E-state index in [4.69, 9.17) is 10.00 Å². The molecule has 0 radical (unpaired) electrons. The molecule has 2 bridgehead atoms. The van der Waals surface area contributed by atoms with Crippen LogP contribution in [0.15, 0.2) is 42.5 Å². The SMILES string of the molecule is N#CCOc1ccc(C2Nc3ccc(C(=O)O)cc3C3C4CCC(C4)C23)cc1. The highest BCUT2D eigenvalue weighted by molar-refractivity contribution is 5.88. The van der Waals surface area contributed by atoms with Crippen molar-refractivity contribution in [3.8, 4) is 11.8 Å². The molecular weight excluding hydrogens is 352 g/mol. The summed E-state index contributed by atoms with van der Waals surface area (Å²) in [4.78, 5) is 11.5. The molecule has 0 spiro atoms. The Morgan fingerprint density at radius 1 is 1.18 bits per heavy atom. The standard InChI is InChI=1S/C23H22N2O3/c24-9-10-28-17-6-3-13(4-7-17)22-21-15-2-1-14(11-15)20(21)18-12-16(23(26)27)5-8-19(18)25-22/h3-8,12,14-15,20-22,25H,1-2,10-11H2,(H,26,27). The zero-order valence-corrected chi connectivity index (χ0v) is 15.5. The van der Waals surface area contributed by atoms with E-state index < -0.39 is 5.97 Å². The zero-order valence-electron chi connectivity index (χ0n) is 15.5. The first-order chi connectivity index (χ1) is 13.7. The van der Waals surface area contributed by atoms with Crippen molar-refractivity contribution >= 4 is 11.7 Å². The number of carbonyl (C=O) groups is 1. The van der Waals surface area contributed by atoms with Crippen LogP contribution in [0.25, 0.3) is 0 Å². The summed E-state index contributed by atoms with van der Waals surface area (Å²) in [5.41, 5.74) is 3.84. The van der Waals surface area contributed by atoms with Gasteiger partial charge in [0.05, 0.1) is 11.6 Å². The fourth-order valence-corrected chi connectivity index (χ4v) is 5.84. The van der Waals surface area contributed by atoms with Crippen LogP contribution in [0.1, 0.15) is 52.7 Å². The van der Waals surface area contributed by atoms with Gasteiger partial charge in [-0.2, -0.15) is 5.26 Å². The summed E-state index contributed by atoms with van der Waals surface area (Å²) >= 11 is 0. The number of rotatable bonds is 4. The Morgan fingerprint density at radius 3 is 2.71 bits per heavy atom. The predicted octanol–water partition coefficient (Wildman–Crippen LogP) is 4.58. The van der Waals surface area contributed by atoms with Gasteiger partial charge < -0.3 is 15.2 Å². The predicted molar refractivity (Wildman–Crippen MR) is 104 cm³/mol. The average Bonchev–Trinajstić information content (AvgIpc) is 3.34. The van der Waals surface area contributed by atoms with Gasteiger partial charge in [0.15, 0.2) is 6.61 Å². The Hall–Kier alpha value is -3.00. The van der Waals surface area contributed by atoms with Crippen LogP contribution in [-0.4, -0.2) is 17.7 Å². The Kier molecular flexibility index (Phi) is 4.01. The fraction of sp³-hybridized carbons (Fsp3) is 0.391. The summed E-state index contributed by atoms with van der Waals surface area (Å²) in [6.07, 6.45) is 3.76. The van der Waals surface area contributed by atoms with Crippen molar-refractivity contribution in [2.75, 3.05) is 11.9 Å². The molecule has 28 heavy (non-hydrogen) atoms. The number of benzene rings is 2. The highest BCUT2D eigenvalue weighted by Crippen LogP contribution is 2.63. The molecule has 1 aliphatic heterocycles. The number of hydrogen-bond acceptors (Lipinski definition) is 4. The van der Waals surface area contributed by atoms with Gasteiger partial charge in [-0.1, -0.05) is 12.1 Å². The molecule has 2 saturated carbocycles. The van der Waals surface area contributed by atoms with E-state index in [1.54, 1.807) is 6.07 Å². The van der Waals surface area contributed by atoms with Crippen LogP contribution < -0.4 is 10.1 Å². The molecule has 2 fully saturated rings. The first kappa shape index (κ1) is 17.1. The number of nitrogens with one attached hydrogen (secondary N) is 1. The Labute approximate surface area is 163 Å². The van der Waals surface area contributed by atoms with Crippen molar-refractivity contribution in [1.82, 2.24) is 0 Å². The zero-order chi connectivity index (χ0) is 19.3. The second kappa shape index (κ2) is 6.56. The van der Waals surface area contributed by atoms with Crippen LogP contribution in [0.3, 0.4) is 0 Å². The van der Waals surface area contributed by atoms with E-state index in [2.05, 4.69) is 17.4 Å². The normalized spacial score (nSPS) is 29.3. The lowest BCUT2D eigenvalue weighted by molar-refractivity contribution is 0.0696. The molecule has 1 heterocycles. The summed E-state index contributed by atoms with van der Waals surface area (Å²) in [6.45, 7) is 0.0504. The average molecular weight is 374 g/mol. The van der Waals surface area contributed by atoms with Crippen molar-refractivity contribution in [3.05, 3.63) is 59.2 Å². The van der Waals surface area contributed by atoms with Gasteiger partial charge in [-0.05, 0) is 84.4 Å². The smallest absolute Gasteiger partial charge is 0.335 e. The van der Waals surface area contributed by atoms with E-state index in [1.165, 1.54) is 30.4 Å². The van der Waals surface area contributed by atoms with Crippen molar-refractivity contribution in [2.24, 2.45) is 17.8 Å². The maximum atomic E-state index is 11.5. The molecule has 3 aliphatic rings. The van der Waals surface area contributed by atoms with E-state index in [9.17, 15) is 9.90 Å². The van der Waals surface area contributed by atoms with Crippen LogP contribution in [0.5, 0.6) is 5.75 Å². The first-order valence-corrected chi connectivity index (χ1v) is 9.89. The van der Waals surface area contributed by atoms with Crippen LogP contribution in [0.4, 0.5) is 5.69 Å². The molecule has 5 atom stereocenters. The molecule has 5 unspecified atom stereocenters. The highest BCUT2D eigenvalue weighted by atomic mass is 16.5. The van der Waals surface area contributed by atoms with Crippen molar-refractivity contribution in [3.63, 3.8) is 0 Å². The molecule has 142 valence electrons. The molecule has 2 aliphatic carbocycles. The number of anilines is 1. The van der Waals surface area contributed by atoms with Gasteiger partial charge in [0.2, 0.25) is 0 Å². The largest absolute Gasteiger partial charge is 0.479 e. The molecule has 0 amide bonds. The monoisotopic (exact) mass is 374 g/mol.